The third-order valence-corrected chi connectivity index (χ3v) is 8.37. The number of ether oxygens (including phenoxy) is 1. The number of hydrogen-bond acceptors (Lipinski definition) is 4. The molecule has 1 amide bonds. The number of amides is 1. The van der Waals surface area contributed by atoms with E-state index in [2.05, 4.69) is 24.0 Å². The molecule has 3 heterocycles. The number of fused-ring (bicyclic) bond motifs is 1. The number of imidazole rings is 1. The van der Waals surface area contributed by atoms with E-state index in [1.165, 1.54) is 12.0 Å². The molecular formula is C30H31FN4O2. The fourth-order valence-corrected chi connectivity index (χ4v) is 5.83. The van der Waals surface area contributed by atoms with Crippen LogP contribution in [0.1, 0.15) is 89.3 Å². The first-order valence-corrected chi connectivity index (χ1v) is 13.2. The molecule has 7 heteroatoms. The molecule has 6 nitrogen and oxygen atoms in total. The molecule has 2 fully saturated rings. The van der Waals surface area contributed by atoms with Crippen molar-refractivity contribution in [2.45, 2.75) is 63.1 Å². The van der Waals surface area contributed by atoms with E-state index in [-0.39, 0.29) is 24.7 Å². The molecule has 1 aliphatic carbocycles. The summed E-state index contributed by atoms with van der Waals surface area (Å²) in [5.41, 5.74) is 4.51. The minimum Gasteiger partial charge on any atom is -0.374 e. The van der Waals surface area contributed by atoms with Crippen molar-refractivity contribution >= 4 is 5.91 Å². The highest BCUT2D eigenvalue weighted by Gasteiger charge is 2.38. The van der Waals surface area contributed by atoms with Crippen LogP contribution in [0.15, 0.2) is 42.5 Å². The Morgan fingerprint density at radius 3 is 2.59 bits per heavy atom. The highest BCUT2D eigenvalue weighted by molar-refractivity contribution is 5.95. The number of carbonyl (C=O) groups is 1. The number of H-pyrrole nitrogens is 1. The number of aromatic amines is 1. The molecule has 0 bridgehead atoms. The van der Waals surface area contributed by atoms with E-state index >= 15 is 4.39 Å². The lowest BCUT2D eigenvalue weighted by Crippen LogP contribution is -2.43. The molecule has 2 aromatic carbocycles. The molecule has 3 aromatic rings. The van der Waals surface area contributed by atoms with E-state index in [4.69, 9.17) is 15.0 Å². The van der Waals surface area contributed by atoms with Crippen molar-refractivity contribution in [1.82, 2.24) is 14.9 Å². The van der Waals surface area contributed by atoms with Gasteiger partial charge in [0.15, 0.2) is 0 Å². The molecule has 2 aliphatic heterocycles. The highest BCUT2D eigenvalue weighted by Crippen LogP contribution is 2.42. The maximum absolute atomic E-state index is 15.8. The second kappa shape index (κ2) is 9.42. The van der Waals surface area contributed by atoms with E-state index in [1.54, 1.807) is 29.2 Å². The molecule has 1 saturated carbocycles. The summed E-state index contributed by atoms with van der Waals surface area (Å²) >= 11 is 0. The third-order valence-electron chi connectivity index (χ3n) is 8.37. The van der Waals surface area contributed by atoms with Crippen LogP contribution in [0, 0.1) is 11.3 Å². The summed E-state index contributed by atoms with van der Waals surface area (Å²) in [5, 5.41) is 9.02. The molecule has 37 heavy (non-hydrogen) atoms. The van der Waals surface area contributed by atoms with Crippen molar-refractivity contribution in [1.29, 1.82) is 5.26 Å². The molecule has 3 aliphatic rings. The summed E-state index contributed by atoms with van der Waals surface area (Å²) < 4.78 is 21.4. The highest BCUT2D eigenvalue weighted by atomic mass is 19.1. The fraction of sp³-hybridized carbons (Fsp3) is 0.433. The van der Waals surface area contributed by atoms with Gasteiger partial charge in [0.25, 0.3) is 5.91 Å². The van der Waals surface area contributed by atoms with Crippen LogP contribution in [0.5, 0.6) is 0 Å². The Labute approximate surface area is 216 Å². The molecule has 190 valence electrons. The molecule has 1 unspecified atom stereocenters. The van der Waals surface area contributed by atoms with Gasteiger partial charge in [0.2, 0.25) is 0 Å². The van der Waals surface area contributed by atoms with Gasteiger partial charge in [-0.3, -0.25) is 4.79 Å². The average Bonchev–Trinajstić information content (AvgIpc) is 3.34. The summed E-state index contributed by atoms with van der Waals surface area (Å²) in [6, 6.07) is 14.7. The summed E-state index contributed by atoms with van der Waals surface area (Å²) in [5.74, 6) is 1.46. The Bertz CT molecular complexity index is 1360. The van der Waals surface area contributed by atoms with Crippen LogP contribution < -0.4 is 0 Å². The van der Waals surface area contributed by atoms with Crippen molar-refractivity contribution in [2.24, 2.45) is 0 Å². The van der Waals surface area contributed by atoms with E-state index in [9.17, 15) is 4.79 Å². The number of piperidine rings is 1. The van der Waals surface area contributed by atoms with E-state index < -0.39 is 5.67 Å². The van der Waals surface area contributed by atoms with Crippen molar-refractivity contribution < 1.29 is 13.9 Å². The maximum Gasteiger partial charge on any atom is 0.253 e. The van der Waals surface area contributed by atoms with Gasteiger partial charge in [0, 0.05) is 43.0 Å². The predicted molar refractivity (Wildman–Crippen MR) is 138 cm³/mol. The average molecular weight is 499 g/mol. The Balaban J connectivity index is 1.24. The zero-order valence-electron chi connectivity index (χ0n) is 21.1. The Morgan fingerprint density at radius 2 is 1.95 bits per heavy atom. The van der Waals surface area contributed by atoms with Crippen molar-refractivity contribution in [2.75, 3.05) is 19.7 Å². The number of hydrogen-bond donors (Lipinski definition) is 1. The lowest BCUT2D eigenvalue weighted by molar-refractivity contribution is 0.0421. The van der Waals surface area contributed by atoms with Crippen LogP contribution in [-0.4, -0.2) is 40.5 Å². The first-order valence-electron chi connectivity index (χ1n) is 13.2. The number of alkyl halides is 1. The van der Waals surface area contributed by atoms with Crippen LogP contribution in [-0.2, 0) is 17.0 Å². The summed E-state index contributed by atoms with van der Waals surface area (Å²) in [4.78, 5) is 23.7. The number of carbonyl (C=O) groups excluding carboxylic acids is 1. The molecule has 1 aromatic heterocycles. The van der Waals surface area contributed by atoms with Gasteiger partial charge in [0.1, 0.15) is 11.5 Å². The molecule has 0 radical (unpaired) electrons. The van der Waals surface area contributed by atoms with Gasteiger partial charge >= 0.3 is 0 Å². The third kappa shape index (κ3) is 4.34. The van der Waals surface area contributed by atoms with Crippen LogP contribution in [0.2, 0.25) is 0 Å². The maximum atomic E-state index is 15.8. The zero-order valence-corrected chi connectivity index (χ0v) is 21.1. The van der Waals surface area contributed by atoms with E-state index in [0.717, 1.165) is 35.6 Å². The van der Waals surface area contributed by atoms with Gasteiger partial charge in [-0.05, 0) is 54.2 Å². The second-order valence-corrected chi connectivity index (χ2v) is 10.7. The lowest BCUT2D eigenvalue weighted by atomic mass is 9.77. The largest absolute Gasteiger partial charge is 0.374 e. The topological polar surface area (TPSA) is 82.0 Å². The number of benzene rings is 2. The Hall–Kier alpha value is -3.50. The summed E-state index contributed by atoms with van der Waals surface area (Å²) in [7, 11) is 0. The molecule has 0 spiro atoms. The number of halogens is 1. The van der Waals surface area contributed by atoms with E-state index in [1.807, 2.05) is 12.1 Å². The fourth-order valence-electron chi connectivity index (χ4n) is 5.83. The zero-order chi connectivity index (χ0) is 25.6. The van der Waals surface area contributed by atoms with Crippen LogP contribution in [0.25, 0.3) is 11.4 Å². The van der Waals surface area contributed by atoms with Crippen molar-refractivity contribution in [3.8, 4) is 17.5 Å². The van der Waals surface area contributed by atoms with Gasteiger partial charge in [-0.1, -0.05) is 31.5 Å². The number of rotatable bonds is 4. The van der Waals surface area contributed by atoms with E-state index in [0.29, 0.717) is 48.9 Å². The Morgan fingerprint density at radius 1 is 1.19 bits per heavy atom. The number of nitrogens with zero attached hydrogens (tertiary/aromatic N) is 3. The smallest absolute Gasteiger partial charge is 0.253 e. The predicted octanol–water partition coefficient (Wildman–Crippen LogP) is 5.95. The number of nitriles is 1. The Kier molecular flexibility index (Phi) is 6.08. The lowest BCUT2D eigenvalue weighted by Gasteiger charge is -2.37. The molecule has 6 rings (SSSR count). The number of likely N-dealkylation sites (tertiary alicyclic amines) is 1. The number of nitrogens with one attached hydrogen (secondary N) is 1. The molecule has 1 saturated heterocycles. The van der Waals surface area contributed by atoms with Crippen LogP contribution in [0.3, 0.4) is 0 Å². The van der Waals surface area contributed by atoms with Gasteiger partial charge in [-0.2, -0.15) is 5.26 Å². The first kappa shape index (κ1) is 23.9. The molecule has 1 N–H and O–H groups in total. The SMILES string of the molecule is CC1COCc2[nH]c(-c3cc(C(=O)N4CCC(F)(c5ccc(C#N)cc5)CC4)ccc3C3CCC3)nc21. The molecule has 1 atom stereocenters. The van der Waals surface area contributed by atoms with Gasteiger partial charge in [-0.15, -0.1) is 0 Å². The van der Waals surface area contributed by atoms with Gasteiger partial charge in [0.05, 0.1) is 36.2 Å². The quantitative estimate of drug-likeness (QED) is 0.482. The number of aromatic nitrogens is 2. The minimum absolute atomic E-state index is 0.0729. The van der Waals surface area contributed by atoms with Crippen LogP contribution in [0.4, 0.5) is 4.39 Å². The van der Waals surface area contributed by atoms with Crippen LogP contribution >= 0.6 is 0 Å². The van der Waals surface area contributed by atoms with Crippen molar-refractivity contribution in [3.05, 3.63) is 76.1 Å². The standard InChI is InChI=1S/C30H31FN4O2/c1-19-17-37-18-26-27(19)34-28(33-26)25-15-22(7-10-24(25)21-3-2-4-21)29(36)35-13-11-30(31,12-14-35)23-8-5-20(16-32)6-9-23/h5-10,15,19,21H,2-4,11-14,17-18H2,1H3,(H,33,34). The summed E-state index contributed by atoms with van der Waals surface area (Å²) in [6.07, 6.45) is 4.00. The van der Waals surface area contributed by atoms with Gasteiger partial charge in [-0.25, -0.2) is 9.37 Å². The molecular weight excluding hydrogens is 467 g/mol. The monoisotopic (exact) mass is 498 g/mol. The second-order valence-electron chi connectivity index (χ2n) is 10.7. The van der Waals surface area contributed by atoms with Crippen molar-refractivity contribution in [3.63, 3.8) is 0 Å². The van der Waals surface area contributed by atoms with Gasteiger partial charge < -0.3 is 14.6 Å². The normalized spacial score (nSPS) is 21.1. The minimum atomic E-state index is -1.49. The summed E-state index contributed by atoms with van der Waals surface area (Å²) in [6.45, 7) is 4.01. The first-order chi connectivity index (χ1) is 17.9.